The molecule has 2 aromatic heterocycles. The number of hydrogen-bond donors (Lipinski definition) is 2. The Kier molecular flexibility index (Phi) is 2.56. The Hall–Kier alpha value is -0.870. The van der Waals surface area contributed by atoms with Crippen LogP contribution in [0.2, 0.25) is 0 Å². The van der Waals surface area contributed by atoms with E-state index in [-0.39, 0.29) is 6.04 Å². The molecule has 3 nitrogen and oxygen atoms in total. The zero-order chi connectivity index (χ0) is 10.1. The molecular formula is C10H12BrN3. The molecule has 0 bridgehead atoms. The lowest BCUT2D eigenvalue weighted by atomic mass is 10.1. The van der Waals surface area contributed by atoms with Gasteiger partial charge in [0.1, 0.15) is 5.65 Å². The summed E-state index contributed by atoms with van der Waals surface area (Å²) < 4.78 is 0.981. The largest absolute Gasteiger partial charge is 0.346 e. The summed E-state index contributed by atoms with van der Waals surface area (Å²) in [5.74, 6) is 0. The number of halogens is 1. The third kappa shape index (κ3) is 1.55. The number of H-pyrrole nitrogens is 1. The van der Waals surface area contributed by atoms with Gasteiger partial charge in [0.2, 0.25) is 0 Å². The molecule has 2 aromatic rings. The van der Waals surface area contributed by atoms with E-state index in [2.05, 4.69) is 32.8 Å². The van der Waals surface area contributed by atoms with Crippen molar-refractivity contribution in [2.24, 2.45) is 5.73 Å². The number of nitrogens with two attached hydrogens (primary N) is 1. The zero-order valence-corrected chi connectivity index (χ0v) is 9.51. The summed E-state index contributed by atoms with van der Waals surface area (Å²) in [6, 6.07) is 2.13. The minimum Gasteiger partial charge on any atom is -0.346 e. The number of nitrogens with one attached hydrogen (secondary N) is 1. The second kappa shape index (κ2) is 3.71. The van der Waals surface area contributed by atoms with Crippen molar-refractivity contribution in [3.63, 3.8) is 0 Å². The van der Waals surface area contributed by atoms with Gasteiger partial charge in [0.05, 0.1) is 0 Å². The minimum absolute atomic E-state index is 0.0832. The molecule has 0 aliphatic heterocycles. The van der Waals surface area contributed by atoms with Crippen LogP contribution >= 0.6 is 15.9 Å². The third-order valence-electron chi connectivity index (χ3n) is 2.37. The van der Waals surface area contributed by atoms with Crippen molar-refractivity contribution in [3.05, 3.63) is 28.5 Å². The van der Waals surface area contributed by atoms with Crippen molar-refractivity contribution in [1.29, 1.82) is 0 Å². The van der Waals surface area contributed by atoms with Crippen LogP contribution in [0.25, 0.3) is 11.0 Å². The second-order valence-electron chi connectivity index (χ2n) is 3.31. The van der Waals surface area contributed by atoms with Gasteiger partial charge < -0.3 is 10.7 Å². The van der Waals surface area contributed by atoms with Crippen LogP contribution in [0.4, 0.5) is 0 Å². The van der Waals surface area contributed by atoms with Crippen molar-refractivity contribution < 1.29 is 0 Å². The molecule has 2 rings (SSSR count). The lowest BCUT2D eigenvalue weighted by molar-refractivity contribution is 0.704. The quantitative estimate of drug-likeness (QED) is 0.865. The lowest BCUT2D eigenvalue weighted by Crippen LogP contribution is -2.07. The van der Waals surface area contributed by atoms with Crippen molar-refractivity contribution in [2.75, 3.05) is 0 Å². The fourth-order valence-electron chi connectivity index (χ4n) is 1.52. The predicted octanol–water partition coefficient (Wildman–Crippen LogP) is 2.74. The van der Waals surface area contributed by atoms with Gasteiger partial charge in [-0.25, -0.2) is 4.98 Å². The molecule has 0 radical (unpaired) electrons. The summed E-state index contributed by atoms with van der Waals surface area (Å²) in [4.78, 5) is 7.38. The Labute approximate surface area is 90.8 Å². The maximum atomic E-state index is 5.99. The highest BCUT2D eigenvalue weighted by molar-refractivity contribution is 9.10. The van der Waals surface area contributed by atoms with E-state index < -0.39 is 0 Å². The Morgan fingerprint density at radius 3 is 3.14 bits per heavy atom. The normalized spacial score (nSPS) is 13.4. The Balaban J connectivity index is 2.61. The Morgan fingerprint density at radius 2 is 2.43 bits per heavy atom. The van der Waals surface area contributed by atoms with Crippen LogP contribution in [0.3, 0.4) is 0 Å². The topological polar surface area (TPSA) is 54.7 Å². The lowest BCUT2D eigenvalue weighted by Gasteiger charge is -2.06. The molecule has 0 aromatic carbocycles. The van der Waals surface area contributed by atoms with Gasteiger partial charge >= 0.3 is 0 Å². The van der Waals surface area contributed by atoms with E-state index in [0.717, 1.165) is 27.5 Å². The number of aromatic nitrogens is 2. The third-order valence-corrected chi connectivity index (χ3v) is 2.80. The molecule has 74 valence electrons. The number of fused-ring (bicyclic) bond motifs is 1. The molecule has 0 fully saturated rings. The fraction of sp³-hybridized carbons (Fsp3) is 0.300. The number of pyridine rings is 1. The van der Waals surface area contributed by atoms with E-state index in [1.54, 1.807) is 6.20 Å². The number of nitrogens with zero attached hydrogens (tertiary/aromatic N) is 1. The maximum Gasteiger partial charge on any atom is 0.137 e. The van der Waals surface area contributed by atoms with Crippen LogP contribution in [-0.4, -0.2) is 9.97 Å². The molecule has 3 N–H and O–H groups in total. The van der Waals surface area contributed by atoms with Gasteiger partial charge in [-0.15, -0.1) is 0 Å². The molecule has 0 amide bonds. The van der Waals surface area contributed by atoms with E-state index >= 15 is 0 Å². The molecule has 0 unspecified atom stereocenters. The van der Waals surface area contributed by atoms with Crippen LogP contribution in [0, 0.1) is 0 Å². The maximum absolute atomic E-state index is 5.99. The van der Waals surface area contributed by atoms with Gasteiger partial charge in [0, 0.05) is 28.3 Å². The van der Waals surface area contributed by atoms with Gasteiger partial charge in [-0.05, 0) is 34.0 Å². The summed E-state index contributed by atoms with van der Waals surface area (Å²) in [6.07, 6.45) is 4.65. The summed E-state index contributed by atoms with van der Waals surface area (Å²) in [7, 11) is 0. The smallest absolute Gasteiger partial charge is 0.137 e. The molecule has 0 spiro atoms. The highest BCUT2D eigenvalue weighted by Gasteiger charge is 2.10. The molecule has 0 aliphatic rings. The monoisotopic (exact) mass is 253 g/mol. The van der Waals surface area contributed by atoms with Crippen LogP contribution in [-0.2, 0) is 0 Å². The first-order valence-corrected chi connectivity index (χ1v) is 5.39. The molecule has 0 aliphatic carbocycles. The van der Waals surface area contributed by atoms with E-state index in [1.165, 1.54) is 0 Å². The summed E-state index contributed by atoms with van der Waals surface area (Å²) >= 11 is 3.41. The molecule has 2 heterocycles. The highest BCUT2D eigenvalue weighted by Crippen LogP contribution is 2.25. The van der Waals surface area contributed by atoms with Crippen molar-refractivity contribution in [1.82, 2.24) is 9.97 Å². The SMILES string of the molecule is CC[C@@H](N)c1c[nH]c2ncc(Br)cc12. The first-order chi connectivity index (χ1) is 6.72. The van der Waals surface area contributed by atoms with Crippen LogP contribution in [0.1, 0.15) is 24.9 Å². The van der Waals surface area contributed by atoms with Gasteiger partial charge in [-0.1, -0.05) is 6.92 Å². The number of rotatable bonds is 2. The molecule has 14 heavy (non-hydrogen) atoms. The van der Waals surface area contributed by atoms with Crippen LogP contribution in [0.15, 0.2) is 22.9 Å². The standard InChI is InChI=1S/C10H12BrN3/c1-2-9(12)8-5-14-10-7(8)3-6(11)4-13-10/h3-5,9H,2,12H2,1H3,(H,13,14)/t9-/m1/s1. The Morgan fingerprint density at radius 1 is 1.64 bits per heavy atom. The van der Waals surface area contributed by atoms with E-state index in [4.69, 9.17) is 5.73 Å². The zero-order valence-electron chi connectivity index (χ0n) is 7.92. The van der Waals surface area contributed by atoms with Gasteiger partial charge in [-0.3, -0.25) is 0 Å². The molecular weight excluding hydrogens is 242 g/mol. The van der Waals surface area contributed by atoms with Crippen molar-refractivity contribution >= 4 is 27.0 Å². The molecule has 0 saturated heterocycles. The number of hydrogen-bond acceptors (Lipinski definition) is 2. The van der Waals surface area contributed by atoms with Gasteiger partial charge in [0.25, 0.3) is 0 Å². The summed E-state index contributed by atoms with van der Waals surface area (Å²) in [6.45, 7) is 2.08. The van der Waals surface area contributed by atoms with Crippen LogP contribution < -0.4 is 5.73 Å². The van der Waals surface area contributed by atoms with Gasteiger partial charge in [0.15, 0.2) is 0 Å². The summed E-state index contributed by atoms with van der Waals surface area (Å²) in [5, 5.41) is 1.11. The average molecular weight is 254 g/mol. The first kappa shape index (κ1) is 9.68. The van der Waals surface area contributed by atoms with Gasteiger partial charge in [-0.2, -0.15) is 0 Å². The Bertz CT molecular complexity index is 450. The van der Waals surface area contributed by atoms with Crippen LogP contribution in [0.5, 0.6) is 0 Å². The average Bonchev–Trinajstić information content (AvgIpc) is 2.59. The molecule has 4 heteroatoms. The molecule has 1 atom stereocenters. The highest BCUT2D eigenvalue weighted by atomic mass is 79.9. The number of aromatic amines is 1. The molecule has 0 saturated carbocycles. The first-order valence-electron chi connectivity index (χ1n) is 4.60. The van der Waals surface area contributed by atoms with Crippen molar-refractivity contribution in [3.8, 4) is 0 Å². The minimum atomic E-state index is 0.0832. The van der Waals surface area contributed by atoms with E-state index in [9.17, 15) is 0 Å². The van der Waals surface area contributed by atoms with Crippen molar-refractivity contribution in [2.45, 2.75) is 19.4 Å². The fourth-order valence-corrected chi connectivity index (χ4v) is 1.86. The van der Waals surface area contributed by atoms with E-state index in [1.807, 2.05) is 12.3 Å². The van der Waals surface area contributed by atoms with E-state index in [0.29, 0.717) is 0 Å². The predicted molar refractivity (Wildman–Crippen MR) is 61.0 cm³/mol. The second-order valence-corrected chi connectivity index (χ2v) is 4.22. The summed E-state index contributed by atoms with van der Waals surface area (Å²) in [5.41, 5.74) is 8.02.